The molecule has 8 heteroatoms. The first-order valence-electron chi connectivity index (χ1n) is 9.94. The van der Waals surface area contributed by atoms with Crippen molar-refractivity contribution in [1.29, 1.82) is 0 Å². The van der Waals surface area contributed by atoms with E-state index in [1.54, 1.807) is 12.1 Å². The van der Waals surface area contributed by atoms with Gasteiger partial charge in [0.15, 0.2) is 0 Å². The van der Waals surface area contributed by atoms with E-state index in [-0.39, 0.29) is 24.6 Å². The van der Waals surface area contributed by atoms with Crippen LogP contribution in [-0.2, 0) is 23.9 Å². The number of nitrogens with one attached hydrogen (secondary N) is 1. The van der Waals surface area contributed by atoms with Gasteiger partial charge in [0, 0.05) is 37.8 Å². The van der Waals surface area contributed by atoms with Gasteiger partial charge in [0.25, 0.3) is 0 Å². The molecule has 1 fully saturated rings. The molecule has 2 aliphatic rings. The maximum Gasteiger partial charge on any atom is 0.416 e. The van der Waals surface area contributed by atoms with Gasteiger partial charge in [-0.15, -0.1) is 0 Å². The number of β-amino-alcohol motifs (C(OH)–C–C–N with tert-alkyl or cyclic N) is 1. The van der Waals surface area contributed by atoms with Crippen LogP contribution in [-0.4, -0.2) is 41.2 Å². The van der Waals surface area contributed by atoms with E-state index in [1.165, 1.54) is 12.1 Å². The standard InChI is InChI=1S/C22H23F3N2O3/c23-22(24,25)17-4-2-1-3-15(17)12-27-10-9-20(19(28)13-27)30-16-7-5-14-6-8-21(29)26-18(14)11-16/h1-5,7,11,19-20,28H,6,8-10,12-13H2,(H,26,29)/t19-,20-/m1/s1. The van der Waals surface area contributed by atoms with E-state index in [0.717, 1.165) is 17.3 Å². The van der Waals surface area contributed by atoms with Gasteiger partial charge in [-0.05, 0) is 36.1 Å². The summed E-state index contributed by atoms with van der Waals surface area (Å²) < 4.78 is 45.6. The number of ether oxygens (including phenoxy) is 1. The van der Waals surface area contributed by atoms with Gasteiger partial charge in [-0.2, -0.15) is 13.2 Å². The van der Waals surface area contributed by atoms with Gasteiger partial charge < -0.3 is 15.2 Å². The molecule has 30 heavy (non-hydrogen) atoms. The lowest BCUT2D eigenvalue weighted by molar-refractivity contribution is -0.138. The first-order chi connectivity index (χ1) is 14.3. The Morgan fingerprint density at radius 3 is 2.73 bits per heavy atom. The fourth-order valence-corrected chi connectivity index (χ4v) is 4.03. The van der Waals surface area contributed by atoms with Crippen LogP contribution in [0.1, 0.15) is 29.5 Å². The lowest BCUT2D eigenvalue weighted by atomic mass is 10.0. The van der Waals surface area contributed by atoms with Crippen LogP contribution in [0.25, 0.3) is 0 Å². The van der Waals surface area contributed by atoms with E-state index in [0.29, 0.717) is 31.6 Å². The third kappa shape index (κ3) is 4.60. The summed E-state index contributed by atoms with van der Waals surface area (Å²) >= 11 is 0. The molecule has 2 heterocycles. The Bertz CT molecular complexity index is 932. The van der Waals surface area contributed by atoms with Crippen LogP contribution in [0.5, 0.6) is 5.75 Å². The van der Waals surface area contributed by atoms with Crippen LogP contribution in [0.2, 0.25) is 0 Å². The van der Waals surface area contributed by atoms with Crippen molar-refractivity contribution < 1.29 is 27.8 Å². The molecule has 0 aliphatic carbocycles. The molecule has 2 aliphatic heterocycles. The highest BCUT2D eigenvalue weighted by molar-refractivity contribution is 5.94. The number of carbonyl (C=O) groups is 1. The number of aryl methyl sites for hydroxylation is 1. The number of hydrogen-bond donors (Lipinski definition) is 2. The summed E-state index contributed by atoms with van der Waals surface area (Å²) in [6.45, 7) is 0.846. The first kappa shape index (κ1) is 20.7. The molecule has 1 saturated heterocycles. The highest BCUT2D eigenvalue weighted by Crippen LogP contribution is 2.33. The van der Waals surface area contributed by atoms with Crippen molar-refractivity contribution in [1.82, 2.24) is 4.90 Å². The summed E-state index contributed by atoms with van der Waals surface area (Å²) in [6, 6.07) is 11.0. The minimum Gasteiger partial charge on any atom is -0.488 e. The molecule has 160 valence electrons. The third-order valence-electron chi connectivity index (χ3n) is 5.59. The summed E-state index contributed by atoms with van der Waals surface area (Å²) in [5, 5.41) is 13.3. The van der Waals surface area contributed by atoms with Gasteiger partial charge in [-0.3, -0.25) is 9.69 Å². The van der Waals surface area contributed by atoms with Crippen LogP contribution in [0, 0.1) is 0 Å². The number of alkyl halides is 3. The first-order valence-corrected chi connectivity index (χ1v) is 9.94. The molecule has 0 unspecified atom stereocenters. The molecule has 2 atom stereocenters. The molecule has 5 nitrogen and oxygen atoms in total. The topological polar surface area (TPSA) is 61.8 Å². The van der Waals surface area contributed by atoms with Crippen molar-refractivity contribution >= 4 is 11.6 Å². The molecule has 2 N–H and O–H groups in total. The Balaban J connectivity index is 1.39. The maximum atomic E-state index is 13.2. The predicted octanol–water partition coefficient (Wildman–Crippen LogP) is 3.60. The Kier molecular flexibility index (Phi) is 5.71. The Hall–Kier alpha value is -2.58. The molecule has 0 spiro atoms. The SMILES string of the molecule is O=C1CCc2ccc(O[C@@H]3CCN(Cc4ccccc4C(F)(F)F)C[C@H]3O)cc2N1. The smallest absolute Gasteiger partial charge is 0.416 e. The van der Waals surface area contributed by atoms with E-state index in [9.17, 15) is 23.1 Å². The fraction of sp³-hybridized carbons (Fsp3) is 0.409. The normalized spacial score (nSPS) is 22.3. The van der Waals surface area contributed by atoms with Crippen molar-refractivity contribution in [2.45, 2.75) is 44.2 Å². The second-order valence-corrected chi connectivity index (χ2v) is 7.77. The summed E-state index contributed by atoms with van der Waals surface area (Å²) in [7, 11) is 0. The number of hydrogen-bond acceptors (Lipinski definition) is 4. The zero-order valence-electron chi connectivity index (χ0n) is 16.3. The molecule has 2 aromatic carbocycles. The third-order valence-corrected chi connectivity index (χ3v) is 5.59. The van der Waals surface area contributed by atoms with Gasteiger partial charge in [-0.1, -0.05) is 24.3 Å². The van der Waals surface area contributed by atoms with E-state index in [2.05, 4.69) is 5.32 Å². The largest absolute Gasteiger partial charge is 0.488 e. The fourth-order valence-electron chi connectivity index (χ4n) is 4.03. The number of benzene rings is 2. The van der Waals surface area contributed by atoms with Crippen LogP contribution in [0.15, 0.2) is 42.5 Å². The number of fused-ring (bicyclic) bond motifs is 1. The van der Waals surface area contributed by atoms with Crippen LogP contribution >= 0.6 is 0 Å². The zero-order chi connectivity index (χ0) is 21.3. The maximum absolute atomic E-state index is 13.2. The number of likely N-dealkylation sites (tertiary alicyclic amines) is 1. The average Bonchev–Trinajstić information content (AvgIpc) is 2.69. The molecule has 0 aromatic heterocycles. The summed E-state index contributed by atoms with van der Waals surface area (Å²) in [5.74, 6) is 0.517. The molecule has 0 radical (unpaired) electrons. The minimum atomic E-state index is -4.40. The summed E-state index contributed by atoms with van der Waals surface area (Å²) in [4.78, 5) is 13.4. The number of rotatable bonds is 4. The number of carbonyl (C=O) groups excluding carboxylic acids is 1. The molecule has 0 saturated carbocycles. The predicted molar refractivity (Wildman–Crippen MR) is 105 cm³/mol. The summed E-state index contributed by atoms with van der Waals surface area (Å²) in [6.07, 6.45) is -4.07. The van der Waals surface area contributed by atoms with Crippen LogP contribution in [0.3, 0.4) is 0 Å². The minimum absolute atomic E-state index is 0.0351. The lowest BCUT2D eigenvalue weighted by Gasteiger charge is -2.36. The average molecular weight is 420 g/mol. The van der Waals surface area contributed by atoms with Gasteiger partial charge >= 0.3 is 6.18 Å². The number of aliphatic hydroxyl groups excluding tert-OH is 1. The number of piperidine rings is 1. The van der Waals surface area contributed by atoms with Gasteiger partial charge in [0.2, 0.25) is 5.91 Å². The zero-order valence-corrected chi connectivity index (χ0v) is 16.3. The van der Waals surface area contributed by atoms with Gasteiger partial charge in [0.1, 0.15) is 18.0 Å². The Morgan fingerprint density at radius 2 is 1.97 bits per heavy atom. The molecule has 0 bridgehead atoms. The second kappa shape index (κ2) is 8.28. The van der Waals surface area contributed by atoms with Gasteiger partial charge in [0.05, 0.1) is 5.56 Å². The van der Waals surface area contributed by atoms with E-state index < -0.39 is 23.9 Å². The number of anilines is 1. The van der Waals surface area contributed by atoms with Crippen molar-refractivity contribution in [2.24, 2.45) is 0 Å². The molecule has 1 amide bonds. The highest BCUT2D eigenvalue weighted by atomic mass is 19.4. The Labute approximate surface area is 172 Å². The number of aliphatic hydroxyl groups is 1. The van der Waals surface area contributed by atoms with Crippen LogP contribution in [0.4, 0.5) is 18.9 Å². The molecular weight excluding hydrogens is 397 g/mol. The molecule has 4 rings (SSSR count). The lowest BCUT2D eigenvalue weighted by Crippen LogP contribution is -2.48. The molecule has 2 aromatic rings. The monoisotopic (exact) mass is 420 g/mol. The van der Waals surface area contributed by atoms with E-state index in [1.807, 2.05) is 17.0 Å². The highest BCUT2D eigenvalue weighted by Gasteiger charge is 2.35. The van der Waals surface area contributed by atoms with E-state index >= 15 is 0 Å². The summed E-state index contributed by atoms with van der Waals surface area (Å²) in [5.41, 5.74) is 1.32. The quantitative estimate of drug-likeness (QED) is 0.794. The number of halogens is 3. The second-order valence-electron chi connectivity index (χ2n) is 7.77. The van der Waals surface area contributed by atoms with Gasteiger partial charge in [-0.25, -0.2) is 0 Å². The van der Waals surface area contributed by atoms with Crippen molar-refractivity contribution in [3.63, 3.8) is 0 Å². The van der Waals surface area contributed by atoms with Crippen molar-refractivity contribution in [2.75, 3.05) is 18.4 Å². The van der Waals surface area contributed by atoms with Crippen molar-refractivity contribution in [3.05, 3.63) is 59.2 Å². The number of amides is 1. The van der Waals surface area contributed by atoms with Crippen molar-refractivity contribution in [3.8, 4) is 5.75 Å². The number of nitrogens with zero attached hydrogens (tertiary/aromatic N) is 1. The van der Waals surface area contributed by atoms with E-state index in [4.69, 9.17) is 4.74 Å². The van der Waals surface area contributed by atoms with Crippen LogP contribution < -0.4 is 10.1 Å². The Morgan fingerprint density at radius 1 is 1.17 bits per heavy atom. The molecular formula is C22H23F3N2O3.